The van der Waals surface area contributed by atoms with Crippen LogP contribution in [0.2, 0.25) is 0 Å². The highest BCUT2D eigenvalue weighted by atomic mass is 79.9. The van der Waals surface area contributed by atoms with E-state index >= 15 is 0 Å². The molecule has 9 heteroatoms. The summed E-state index contributed by atoms with van der Waals surface area (Å²) in [5, 5.41) is 12.1. The lowest BCUT2D eigenvalue weighted by Gasteiger charge is -2.34. The van der Waals surface area contributed by atoms with Gasteiger partial charge in [0.2, 0.25) is 0 Å². The first kappa shape index (κ1) is 19.5. The second kappa shape index (κ2) is 8.71. The molecular weight excluding hydrogens is 436 g/mol. The number of piperazine rings is 1. The van der Waals surface area contributed by atoms with Crippen LogP contribution in [-0.2, 0) is 6.54 Å². The Morgan fingerprint density at radius 3 is 2.55 bits per heavy atom. The number of tetrazole rings is 1. The van der Waals surface area contributed by atoms with Crippen molar-refractivity contribution in [2.24, 2.45) is 0 Å². The summed E-state index contributed by atoms with van der Waals surface area (Å²) in [7, 11) is 1.64. The Hall–Kier alpha value is -2.78. The molecule has 0 aliphatic carbocycles. The van der Waals surface area contributed by atoms with Gasteiger partial charge in [0.15, 0.2) is 5.82 Å². The summed E-state index contributed by atoms with van der Waals surface area (Å²) in [4.78, 5) is 16.9. The molecule has 150 valence electrons. The average molecular weight is 457 g/mol. The maximum Gasteiger partial charge on any atom is 0.253 e. The van der Waals surface area contributed by atoms with E-state index < -0.39 is 0 Å². The molecule has 4 rings (SSSR count). The number of amides is 1. The summed E-state index contributed by atoms with van der Waals surface area (Å²) in [6, 6.07) is 15.1. The Morgan fingerprint density at radius 2 is 1.86 bits per heavy atom. The number of hydrogen-bond donors (Lipinski definition) is 0. The summed E-state index contributed by atoms with van der Waals surface area (Å²) < 4.78 is 7.85. The Bertz CT molecular complexity index is 983. The molecule has 1 aliphatic heterocycles. The van der Waals surface area contributed by atoms with Gasteiger partial charge in [0.05, 0.1) is 19.3 Å². The van der Waals surface area contributed by atoms with E-state index in [2.05, 4.69) is 36.4 Å². The SMILES string of the molecule is COc1ccc(-n2nnnc2CN2CCN(C(=O)c3cccc(Br)c3)CC2)cc1. The summed E-state index contributed by atoms with van der Waals surface area (Å²) in [5.74, 6) is 1.62. The van der Waals surface area contributed by atoms with Crippen LogP contribution in [0.3, 0.4) is 0 Å². The normalized spacial score (nSPS) is 14.8. The van der Waals surface area contributed by atoms with Crippen LogP contribution in [0.1, 0.15) is 16.2 Å². The number of halogens is 1. The van der Waals surface area contributed by atoms with Gasteiger partial charge in [0, 0.05) is 36.2 Å². The first-order chi connectivity index (χ1) is 14.1. The van der Waals surface area contributed by atoms with Crippen LogP contribution in [0.5, 0.6) is 5.75 Å². The van der Waals surface area contributed by atoms with Crippen molar-refractivity contribution in [2.45, 2.75) is 6.54 Å². The van der Waals surface area contributed by atoms with Crippen LogP contribution in [0.25, 0.3) is 5.69 Å². The van der Waals surface area contributed by atoms with Crippen LogP contribution >= 0.6 is 15.9 Å². The lowest BCUT2D eigenvalue weighted by Crippen LogP contribution is -2.48. The van der Waals surface area contributed by atoms with Gasteiger partial charge in [-0.3, -0.25) is 9.69 Å². The first-order valence-electron chi connectivity index (χ1n) is 9.33. The largest absolute Gasteiger partial charge is 0.497 e. The Morgan fingerprint density at radius 1 is 1.10 bits per heavy atom. The monoisotopic (exact) mass is 456 g/mol. The Balaban J connectivity index is 1.38. The molecule has 0 radical (unpaired) electrons. The third-order valence-electron chi connectivity index (χ3n) is 4.95. The number of ether oxygens (including phenoxy) is 1. The van der Waals surface area contributed by atoms with Crippen LogP contribution in [0.15, 0.2) is 53.0 Å². The smallest absolute Gasteiger partial charge is 0.253 e. The molecule has 0 unspecified atom stereocenters. The molecule has 0 atom stereocenters. The van der Waals surface area contributed by atoms with Gasteiger partial charge in [-0.2, -0.15) is 4.68 Å². The summed E-state index contributed by atoms with van der Waals surface area (Å²) in [5.41, 5.74) is 1.59. The molecule has 1 aromatic heterocycles. The molecule has 2 aromatic carbocycles. The minimum atomic E-state index is 0.0639. The molecule has 0 bridgehead atoms. The molecule has 1 saturated heterocycles. The molecule has 2 heterocycles. The summed E-state index contributed by atoms with van der Waals surface area (Å²) >= 11 is 3.42. The number of methoxy groups -OCH3 is 1. The minimum absolute atomic E-state index is 0.0639. The van der Waals surface area contributed by atoms with Crippen LogP contribution in [0.4, 0.5) is 0 Å². The van der Waals surface area contributed by atoms with Crippen LogP contribution in [0, 0.1) is 0 Å². The number of nitrogens with zero attached hydrogens (tertiary/aromatic N) is 6. The van der Waals surface area contributed by atoms with E-state index in [9.17, 15) is 4.79 Å². The maximum atomic E-state index is 12.7. The van der Waals surface area contributed by atoms with Crippen molar-refractivity contribution in [3.05, 3.63) is 64.4 Å². The number of carbonyl (C=O) groups is 1. The lowest BCUT2D eigenvalue weighted by atomic mass is 10.2. The van der Waals surface area contributed by atoms with Gasteiger partial charge in [-0.15, -0.1) is 5.10 Å². The maximum absolute atomic E-state index is 12.7. The topological polar surface area (TPSA) is 76.4 Å². The minimum Gasteiger partial charge on any atom is -0.497 e. The third kappa shape index (κ3) is 4.46. The van der Waals surface area contributed by atoms with Gasteiger partial charge >= 0.3 is 0 Å². The van der Waals surface area contributed by atoms with Crippen molar-refractivity contribution in [3.63, 3.8) is 0 Å². The zero-order valence-corrected chi connectivity index (χ0v) is 17.6. The fourth-order valence-electron chi connectivity index (χ4n) is 3.34. The molecule has 1 amide bonds. The second-order valence-corrected chi connectivity index (χ2v) is 7.70. The predicted molar refractivity (Wildman–Crippen MR) is 111 cm³/mol. The molecule has 0 N–H and O–H groups in total. The van der Waals surface area contributed by atoms with Gasteiger partial charge < -0.3 is 9.64 Å². The van der Waals surface area contributed by atoms with Crippen molar-refractivity contribution in [3.8, 4) is 11.4 Å². The summed E-state index contributed by atoms with van der Waals surface area (Å²) in [6.07, 6.45) is 0. The Kier molecular flexibility index (Phi) is 5.86. The van der Waals surface area contributed by atoms with Crippen molar-refractivity contribution in [1.29, 1.82) is 0 Å². The number of hydrogen-bond acceptors (Lipinski definition) is 6. The van der Waals surface area contributed by atoms with Gasteiger partial charge in [-0.1, -0.05) is 22.0 Å². The highest BCUT2D eigenvalue weighted by Gasteiger charge is 2.23. The fraction of sp³-hybridized carbons (Fsp3) is 0.300. The lowest BCUT2D eigenvalue weighted by molar-refractivity contribution is 0.0624. The van der Waals surface area contributed by atoms with E-state index in [1.165, 1.54) is 0 Å². The average Bonchev–Trinajstić information content (AvgIpc) is 3.22. The molecular formula is C20H21BrN6O2. The quantitative estimate of drug-likeness (QED) is 0.586. The first-order valence-corrected chi connectivity index (χ1v) is 10.1. The number of carbonyl (C=O) groups excluding carboxylic acids is 1. The zero-order chi connectivity index (χ0) is 20.2. The molecule has 1 aliphatic rings. The molecule has 8 nitrogen and oxygen atoms in total. The third-order valence-corrected chi connectivity index (χ3v) is 5.44. The standard InChI is InChI=1S/C20H21BrN6O2/c1-29-18-7-5-17(6-8-18)27-19(22-23-24-27)14-25-9-11-26(12-10-25)20(28)15-3-2-4-16(21)13-15/h2-8,13H,9-12,14H2,1H3. The van der Waals surface area contributed by atoms with Gasteiger partial charge in [0.1, 0.15) is 5.75 Å². The molecule has 0 spiro atoms. The van der Waals surface area contributed by atoms with E-state index in [-0.39, 0.29) is 5.91 Å². The van der Waals surface area contributed by atoms with Crippen molar-refractivity contribution in [1.82, 2.24) is 30.0 Å². The molecule has 3 aromatic rings. The van der Waals surface area contributed by atoms with Crippen LogP contribution in [-0.4, -0.2) is 69.2 Å². The number of aromatic nitrogens is 4. The van der Waals surface area contributed by atoms with E-state index in [0.29, 0.717) is 25.2 Å². The highest BCUT2D eigenvalue weighted by Crippen LogP contribution is 2.17. The highest BCUT2D eigenvalue weighted by molar-refractivity contribution is 9.10. The van der Waals surface area contributed by atoms with E-state index in [1.807, 2.05) is 53.4 Å². The van der Waals surface area contributed by atoms with Crippen molar-refractivity contribution >= 4 is 21.8 Å². The molecule has 29 heavy (non-hydrogen) atoms. The Labute approximate surface area is 177 Å². The predicted octanol–water partition coefficient (Wildman–Crippen LogP) is 2.39. The van der Waals surface area contributed by atoms with E-state index in [0.717, 1.165) is 34.8 Å². The molecule has 1 fully saturated rings. The summed E-state index contributed by atoms with van der Waals surface area (Å²) in [6.45, 7) is 3.52. The van der Waals surface area contributed by atoms with Gasteiger partial charge in [0.25, 0.3) is 5.91 Å². The second-order valence-electron chi connectivity index (χ2n) is 6.78. The van der Waals surface area contributed by atoms with Gasteiger partial charge in [-0.05, 0) is 52.9 Å². The van der Waals surface area contributed by atoms with Crippen LogP contribution < -0.4 is 4.74 Å². The van der Waals surface area contributed by atoms with E-state index in [1.54, 1.807) is 11.8 Å². The fourth-order valence-corrected chi connectivity index (χ4v) is 3.74. The zero-order valence-electron chi connectivity index (χ0n) is 16.0. The molecule has 0 saturated carbocycles. The number of rotatable bonds is 5. The van der Waals surface area contributed by atoms with E-state index in [4.69, 9.17) is 4.74 Å². The van der Waals surface area contributed by atoms with Crippen molar-refractivity contribution in [2.75, 3.05) is 33.3 Å². The van der Waals surface area contributed by atoms with Crippen molar-refractivity contribution < 1.29 is 9.53 Å². The van der Waals surface area contributed by atoms with Gasteiger partial charge in [-0.25, -0.2) is 0 Å². The number of benzene rings is 2.